The van der Waals surface area contributed by atoms with Crippen LogP contribution < -0.4 is 5.32 Å². The molecule has 2 aromatic carbocycles. The van der Waals surface area contributed by atoms with Gasteiger partial charge in [0.05, 0.1) is 16.6 Å². The predicted molar refractivity (Wildman–Crippen MR) is 106 cm³/mol. The average molecular weight is 409 g/mol. The zero-order valence-electron chi connectivity index (χ0n) is 14.7. The Morgan fingerprint density at radius 1 is 1.11 bits per heavy atom. The van der Waals surface area contributed by atoms with Gasteiger partial charge in [0.1, 0.15) is 5.82 Å². The minimum Gasteiger partial charge on any atom is -0.350 e. The molecule has 0 aliphatic heterocycles. The van der Waals surface area contributed by atoms with Crippen LogP contribution in [0, 0.1) is 5.82 Å². The number of halogens is 3. The maximum atomic E-state index is 12.9. The molecular weight excluding hydrogens is 390 g/mol. The van der Waals surface area contributed by atoms with Crippen LogP contribution in [-0.2, 0) is 16.1 Å². The van der Waals surface area contributed by atoms with E-state index < -0.39 is 0 Å². The lowest BCUT2D eigenvalue weighted by molar-refractivity contribution is -0.132. The molecule has 27 heavy (non-hydrogen) atoms. The van der Waals surface area contributed by atoms with E-state index in [1.54, 1.807) is 43.3 Å². The van der Waals surface area contributed by atoms with E-state index in [2.05, 4.69) is 5.32 Å². The molecule has 0 fully saturated rings. The largest absolute Gasteiger partial charge is 0.350 e. The first-order valence-electron chi connectivity index (χ1n) is 8.32. The lowest BCUT2D eigenvalue weighted by Crippen LogP contribution is -2.39. The number of nitrogens with one attached hydrogen (secondary N) is 1. The summed E-state index contributed by atoms with van der Waals surface area (Å²) >= 11 is 11.8. The van der Waals surface area contributed by atoms with Gasteiger partial charge in [0.2, 0.25) is 11.8 Å². The van der Waals surface area contributed by atoms with Crippen LogP contribution in [0.4, 0.5) is 4.39 Å². The van der Waals surface area contributed by atoms with Gasteiger partial charge in [0.25, 0.3) is 0 Å². The lowest BCUT2D eigenvalue weighted by Gasteiger charge is -2.18. The summed E-state index contributed by atoms with van der Waals surface area (Å²) in [7, 11) is 0. The molecule has 1 N–H and O–H groups in total. The van der Waals surface area contributed by atoms with E-state index in [1.165, 1.54) is 23.1 Å². The highest BCUT2D eigenvalue weighted by atomic mass is 35.5. The molecule has 7 heteroatoms. The van der Waals surface area contributed by atoms with Gasteiger partial charge in [-0.05, 0) is 48.4 Å². The number of rotatable bonds is 7. The van der Waals surface area contributed by atoms with Crippen molar-refractivity contribution in [3.05, 3.63) is 75.5 Å². The molecule has 0 heterocycles. The van der Waals surface area contributed by atoms with Gasteiger partial charge < -0.3 is 10.2 Å². The van der Waals surface area contributed by atoms with Crippen molar-refractivity contribution in [2.45, 2.75) is 13.5 Å². The maximum Gasteiger partial charge on any atom is 0.247 e. The van der Waals surface area contributed by atoms with Gasteiger partial charge in [-0.15, -0.1) is 0 Å². The minimum atomic E-state index is -0.332. The molecule has 0 aliphatic rings. The van der Waals surface area contributed by atoms with E-state index in [0.717, 1.165) is 11.1 Å². The second kappa shape index (κ2) is 10.1. The van der Waals surface area contributed by atoms with E-state index in [-0.39, 0.29) is 30.7 Å². The Labute approximate surface area is 167 Å². The third-order valence-electron chi connectivity index (χ3n) is 3.79. The van der Waals surface area contributed by atoms with Gasteiger partial charge in [-0.3, -0.25) is 9.59 Å². The van der Waals surface area contributed by atoms with Gasteiger partial charge in [0, 0.05) is 19.2 Å². The zero-order valence-corrected chi connectivity index (χ0v) is 16.2. The third-order valence-corrected chi connectivity index (χ3v) is 4.53. The molecule has 0 radical (unpaired) electrons. The normalized spacial score (nSPS) is 10.8. The van der Waals surface area contributed by atoms with Gasteiger partial charge >= 0.3 is 0 Å². The fraction of sp³-hybridized carbons (Fsp3) is 0.200. The molecule has 4 nitrogen and oxygen atoms in total. The number of likely N-dealkylation sites (N-methyl/N-ethyl adjacent to an activating group) is 1. The molecule has 2 amide bonds. The summed E-state index contributed by atoms with van der Waals surface area (Å²) in [5.74, 6) is -0.917. The standard InChI is InChI=1S/C20H19Cl2FN2O2/c1-2-25(13-19(26)24-12-15-3-7-16(23)8-4-15)20(27)10-6-14-5-9-17(21)18(22)11-14/h3-11H,2,12-13H2,1H3,(H,24,26)/b10-6+. The van der Waals surface area contributed by atoms with Crippen molar-refractivity contribution in [1.82, 2.24) is 10.2 Å². The van der Waals surface area contributed by atoms with Gasteiger partial charge in [-0.2, -0.15) is 0 Å². The summed E-state index contributed by atoms with van der Waals surface area (Å²) in [5.41, 5.74) is 1.51. The van der Waals surface area contributed by atoms with Crippen LogP contribution in [0.1, 0.15) is 18.1 Å². The molecule has 0 aromatic heterocycles. The first-order valence-corrected chi connectivity index (χ1v) is 9.08. The SMILES string of the molecule is CCN(CC(=O)NCc1ccc(F)cc1)C(=O)/C=C/c1ccc(Cl)c(Cl)c1. The highest BCUT2D eigenvalue weighted by Crippen LogP contribution is 2.23. The van der Waals surface area contributed by atoms with Crippen molar-refractivity contribution in [3.8, 4) is 0 Å². The number of hydrogen-bond acceptors (Lipinski definition) is 2. The summed E-state index contributed by atoms with van der Waals surface area (Å²) in [6.07, 6.45) is 3.00. The number of carbonyl (C=O) groups excluding carboxylic acids is 2. The minimum absolute atomic E-state index is 0.0672. The lowest BCUT2D eigenvalue weighted by atomic mass is 10.2. The molecule has 2 aromatic rings. The molecule has 0 aliphatic carbocycles. The van der Waals surface area contributed by atoms with E-state index in [4.69, 9.17) is 23.2 Å². The van der Waals surface area contributed by atoms with Crippen LogP contribution >= 0.6 is 23.2 Å². The van der Waals surface area contributed by atoms with Crippen molar-refractivity contribution in [2.24, 2.45) is 0 Å². The molecule has 2 rings (SSSR count). The van der Waals surface area contributed by atoms with Crippen LogP contribution in [0.3, 0.4) is 0 Å². The molecule has 0 saturated heterocycles. The number of amides is 2. The molecule has 0 unspecified atom stereocenters. The van der Waals surface area contributed by atoms with Crippen LogP contribution in [-0.4, -0.2) is 29.8 Å². The molecule has 0 atom stereocenters. The first-order chi connectivity index (χ1) is 12.9. The maximum absolute atomic E-state index is 12.9. The van der Waals surface area contributed by atoms with Crippen LogP contribution in [0.2, 0.25) is 10.0 Å². The Hall–Kier alpha value is -2.37. The number of nitrogens with zero attached hydrogens (tertiary/aromatic N) is 1. The second-order valence-electron chi connectivity index (χ2n) is 5.76. The smallest absolute Gasteiger partial charge is 0.247 e. The molecular formula is C20H19Cl2FN2O2. The van der Waals surface area contributed by atoms with Gasteiger partial charge in [-0.1, -0.05) is 41.4 Å². The molecule has 0 bridgehead atoms. The number of benzene rings is 2. The summed E-state index contributed by atoms with van der Waals surface area (Å²) < 4.78 is 12.9. The summed E-state index contributed by atoms with van der Waals surface area (Å²) in [6, 6.07) is 10.9. The van der Waals surface area contributed by atoms with Crippen molar-refractivity contribution in [1.29, 1.82) is 0 Å². The van der Waals surface area contributed by atoms with E-state index in [1.807, 2.05) is 0 Å². The Morgan fingerprint density at radius 2 is 1.81 bits per heavy atom. The highest BCUT2D eigenvalue weighted by Gasteiger charge is 2.13. The summed E-state index contributed by atoms with van der Waals surface area (Å²) in [6.45, 7) is 2.37. The Balaban J connectivity index is 1.89. The van der Waals surface area contributed by atoms with Crippen molar-refractivity contribution < 1.29 is 14.0 Å². The Morgan fingerprint density at radius 3 is 2.44 bits per heavy atom. The van der Waals surface area contributed by atoms with E-state index >= 15 is 0 Å². The molecule has 0 spiro atoms. The van der Waals surface area contributed by atoms with Crippen LogP contribution in [0.5, 0.6) is 0 Å². The molecule has 0 saturated carbocycles. The van der Waals surface area contributed by atoms with Gasteiger partial charge in [0.15, 0.2) is 0 Å². The van der Waals surface area contributed by atoms with Crippen LogP contribution in [0.15, 0.2) is 48.5 Å². The third kappa shape index (κ3) is 6.70. The van der Waals surface area contributed by atoms with E-state index in [9.17, 15) is 14.0 Å². The average Bonchev–Trinajstić information content (AvgIpc) is 2.66. The zero-order chi connectivity index (χ0) is 19.8. The summed E-state index contributed by atoms with van der Waals surface area (Å²) in [5, 5.41) is 3.55. The van der Waals surface area contributed by atoms with Crippen molar-refractivity contribution in [2.75, 3.05) is 13.1 Å². The predicted octanol–water partition coefficient (Wildman–Crippen LogP) is 4.31. The first kappa shape index (κ1) is 20.9. The quantitative estimate of drug-likeness (QED) is 0.693. The van der Waals surface area contributed by atoms with Crippen molar-refractivity contribution >= 4 is 41.1 Å². The van der Waals surface area contributed by atoms with Crippen molar-refractivity contribution in [3.63, 3.8) is 0 Å². The van der Waals surface area contributed by atoms with E-state index in [0.29, 0.717) is 16.6 Å². The highest BCUT2D eigenvalue weighted by molar-refractivity contribution is 6.42. The fourth-order valence-electron chi connectivity index (χ4n) is 2.27. The van der Waals surface area contributed by atoms with Gasteiger partial charge in [-0.25, -0.2) is 4.39 Å². The Bertz CT molecular complexity index is 838. The fourth-order valence-corrected chi connectivity index (χ4v) is 2.57. The monoisotopic (exact) mass is 408 g/mol. The second-order valence-corrected chi connectivity index (χ2v) is 6.58. The Kier molecular flexibility index (Phi) is 7.82. The van der Waals surface area contributed by atoms with Crippen LogP contribution in [0.25, 0.3) is 6.08 Å². The summed E-state index contributed by atoms with van der Waals surface area (Å²) in [4.78, 5) is 25.8. The molecule has 142 valence electrons. The topological polar surface area (TPSA) is 49.4 Å². The number of carbonyl (C=O) groups is 2. The number of hydrogen-bond donors (Lipinski definition) is 1.